The zero-order valence-electron chi connectivity index (χ0n) is 10.0. The molecule has 5 heteroatoms. The topological polar surface area (TPSA) is 54.4 Å². The normalized spacial score (nSPS) is 24.0. The van der Waals surface area contributed by atoms with E-state index in [1.54, 1.807) is 12.1 Å². The van der Waals surface area contributed by atoms with Crippen molar-refractivity contribution in [3.8, 4) is 0 Å². The van der Waals surface area contributed by atoms with Crippen molar-refractivity contribution in [2.75, 3.05) is 18.1 Å². The number of hydrogen-bond acceptors (Lipinski definition) is 3. The summed E-state index contributed by atoms with van der Waals surface area (Å²) in [6.07, 6.45) is 1.12. The van der Waals surface area contributed by atoms with Gasteiger partial charge in [-0.05, 0) is 42.4 Å². The molecule has 0 saturated carbocycles. The Balaban J connectivity index is 2.06. The number of aliphatic hydroxyl groups excluding tert-OH is 1. The second kappa shape index (κ2) is 5.36. The zero-order chi connectivity index (χ0) is 13.2. The van der Waals surface area contributed by atoms with Gasteiger partial charge in [-0.1, -0.05) is 12.1 Å². The van der Waals surface area contributed by atoms with Crippen LogP contribution in [0.3, 0.4) is 0 Å². The summed E-state index contributed by atoms with van der Waals surface area (Å²) in [5.74, 6) is -0.0687. The third-order valence-corrected chi connectivity index (χ3v) is 5.35. The Hall–Kier alpha value is -0.940. The van der Waals surface area contributed by atoms with E-state index in [9.17, 15) is 17.9 Å². The third kappa shape index (κ3) is 3.29. The van der Waals surface area contributed by atoms with Gasteiger partial charge in [0.25, 0.3) is 0 Å². The molecule has 0 amide bonds. The lowest BCUT2D eigenvalue weighted by atomic mass is 9.87. The highest BCUT2D eigenvalue weighted by Crippen LogP contribution is 2.28. The first-order valence-corrected chi connectivity index (χ1v) is 7.88. The SMILES string of the molecule is O=S1(=O)CCC(C(CO)Cc2cccc(F)c2)C1. The van der Waals surface area contributed by atoms with Gasteiger partial charge in [-0.2, -0.15) is 0 Å². The number of hydrogen-bond donors (Lipinski definition) is 1. The van der Waals surface area contributed by atoms with E-state index < -0.39 is 9.84 Å². The van der Waals surface area contributed by atoms with Crippen LogP contribution in [0.4, 0.5) is 4.39 Å². The average Bonchev–Trinajstić information content (AvgIpc) is 2.66. The summed E-state index contributed by atoms with van der Waals surface area (Å²) in [5, 5.41) is 9.40. The van der Waals surface area contributed by atoms with E-state index in [1.807, 2.05) is 0 Å². The average molecular weight is 272 g/mol. The summed E-state index contributed by atoms with van der Waals surface area (Å²) in [4.78, 5) is 0. The second-order valence-electron chi connectivity index (χ2n) is 4.94. The van der Waals surface area contributed by atoms with E-state index in [-0.39, 0.29) is 35.8 Å². The Kier molecular flexibility index (Phi) is 4.02. The first-order chi connectivity index (χ1) is 8.50. The molecule has 2 rings (SSSR count). The summed E-state index contributed by atoms with van der Waals surface area (Å²) in [7, 11) is -2.94. The molecular formula is C13H17FO3S. The highest BCUT2D eigenvalue weighted by Gasteiger charge is 2.33. The Labute approximate surface area is 107 Å². The molecule has 1 aromatic carbocycles. The van der Waals surface area contributed by atoms with E-state index in [0.29, 0.717) is 12.8 Å². The van der Waals surface area contributed by atoms with E-state index in [1.165, 1.54) is 12.1 Å². The van der Waals surface area contributed by atoms with Crippen LogP contribution >= 0.6 is 0 Å². The minimum Gasteiger partial charge on any atom is -0.396 e. The van der Waals surface area contributed by atoms with Crippen molar-refractivity contribution in [1.29, 1.82) is 0 Å². The molecule has 1 heterocycles. The molecule has 2 atom stereocenters. The Morgan fingerprint density at radius 2 is 2.22 bits per heavy atom. The van der Waals surface area contributed by atoms with Gasteiger partial charge in [-0.25, -0.2) is 12.8 Å². The van der Waals surface area contributed by atoms with Gasteiger partial charge in [-0.15, -0.1) is 0 Å². The molecule has 0 spiro atoms. The number of aliphatic hydroxyl groups is 1. The lowest BCUT2D eigenvalue weighted by Gasteiger charge is -2.20. The molecule has 1 N–H and O–H groups in total. The minimum absolute atomic E-state index is 0.0109. The highest BCUT2D eigenvalue weighted by molar-refractivity contribution is 7.91. The van der Waals surface area contributed by atoms with Gasteiger partial charge in [0.05, 0.1) is 11.5 Å². The standard InChI is InChI=1S/C13H17FO3S/c14-13-3-1-2-10(7-13)6-12(8-15)11-4-5-18(16,17)9-11/h1-3,7,11-12,15H,4-6,8-9H2. The molecule has 0 aliphatic carbocycles. The van der Waals surface area contributed by atoms with Crippen LogP contribution < -0.4 is 0 Å². The maximum absolute atomic E-state index is 13.1. The Bertz CT molecular complexity index is 513. The summed E-state index contributed by atoms with van der Waals surface area (Å²) in [5.41, 5.74) is 0.804. The van der Waals surface area contributed by atoms with Gasteiger partial charge in [0, 0.05) is 6.61 Å². The van der Waals surface area contributed by atoms with Crippen LogP contribution in [0.15, 0.2) is 24.3 Å². The molecule has 1 aliphatic rings. The van der Waals surface area contributed by atoms with Crippen LogP contribution in [0.1, 0.15) is 12.0 Å². The molecule has 3 nitrogen and oxygen atoms in total. The van der Waals surface area contributed by atoms with Crippen LogP contribution in [-0.4, -0.2) is 31.6 Å². The van der Waals surface area contributed by atoms with Crippen molar-refractivity contribution in [3.63, 3.8) is 0 Å². The molecule has 0 aromatic heterocycles. The van der Waals surface area contributed by atoms with Gasteiger partial charge >= 0.3 is 0 Å². The highest BCUT2D eigenvalue weighted by atomic mass is 32.2. The van der Waals surface area contributed by atoms with Gasteiger partial charge in [0.2, 0.25) is 0 Å². The van der Waals surface area contributed by atoms with E-state index >= 15 is 0 Å². The monoisotopic (exact) mass is 272 g/mol. The fraction of sp³-hybridized carbons (Fsp3) is 0.538. The van der Waals surface area contributed by atoms with Crippen LogP contribution in [0, 0.1) is 17.7 Å². The number of halogens is 1. The van der Waals surface area contributed by atoms with Crippen LogP contribution in [0.25, 0.3) is 0 Å². The first-order valence-electron chi connectivity index (χ1n) is 6.06. The molecule has 1 saturated heterocycles. The molecular weight excluding hydrogens is 255 g/mol. The van der Waals surface area contributed by atoms with Crippen LogP contribution in [-0.2, 0) is 16.3 Å². The summed E-state index contributed by atoms with van der Waals surface area (Å²) in [6.45, 7) is -0.0588. The molecule has 18 heavy (non-hydrogen) atoms. The molecule has 1 aliphatic heterocycles. The maximum atomic E-state index is 13.1. The molecule has 2 unspecified atom stereocenters. The number of benzene rings is 1. The molecule has 1 aromatic rings. The van der Waals surface area contributed by atoms with E-state index in [4.69, 9.17) is 0 Å². The van der Waals surface area contributed by atoms with Gasteiger partial charge < -0.3 is 5.11 Å². The van der Waals surface area contributed by atoms with Crippen molar-refractivity contribution in [2.24, 2.45) is 11.8 Å². The predicted octanol–water partition coefficient (Wildman–Crippen LogP) is 1.41. The third-order valence-electron chi connectivity index (χ3n) is 3.56. The largest absolute Gasteiger partial charge is 0.396 e. The lowest BCUT2D eigenvalue weighted by Crippen LogP contribution is -2.22. The maximum Gasteiger partial charge on any atom is 0.150 e. The van der Waals surface area contributed by atoms with Crippen LogP contribution in [0.5, 0.6) is 0 Å². The fourth-order valence-corrected chi connectivity index (χ4v) is 4.46. The summed E-state index contributed by atoms with van der Waals surface area (Å²) < 4.78 is 35.9. The van der Waals surface area contributed by atoms with Gasteiger partial charge in [0.1, 0.15) is 5.82 Å². The van der Waals surface area contributed by atoms with Crippen molar-refractivity contribution in [3.05, 3.63) is 35.6 Å². The summed E-state index contributed by atoms with van der Waals surface area (Å²) >= 11 is 0. The Morgan fingerprint density at radius 1 is 1.44 bits per heavy atom. The molecule has 0 bridgehead atoms. The molecule has 100 valence electrons. The van der Waals surface area contributed by atoms with Crippen molar-refractivity contribution < 1.29 is 17.9 Å². The quantitative estimate of drug-likeness (QED) is 0.901. The first kappa shape index (κ1) is 13.5. The van der Waals surface area contributed by atoms with Crippen molar-refractivity contribution in [1.82, 2.24) is 0 Å². The number of sulfone groups is 1. The molecule has 0 radical (unpaired) electrons. The predicted molar refractivity (Wildman–Crippen MR) is 67.4 cm³/mol. The fourth-order valence-electron chi connectivity index (χ4n) is 2.54. The van der Waals surface area contributed by atoms with E-state index in [0.717, 1.165) is 5.56 Å². The zero-order valence-corrected chi connectivity index (χ0v) is 10.9. The Morgan fingerprint density at radius 3 is 2.78 bits per heavy atom. The minimum atomic E-state index is -2.94. The van der Waals surface area contributed by atoms with Crippen LogP contribution in [0.2, 0.25) is 0 Å². The number of rotatable bonds is 4. The van der Waals surface area contributed by atoms with Gasteiger partial charge in [-0.3, -0.25) is 0 Å². The van der Waals surface area contributed by atoms with E-state index in [2.05, 4.69) is 0 Å². The second-order valence-corrected chi connectivity index (χ2v) is 7.17. The smallest absolute Gasteiger partial charge is 0.150 e. The molecule has 1 fully saturated rings. The van der Waals surface area contributed by atoms with Crippen molar-refractivity contribution in [2.45, 2.75) is 12.8 Å². The van der Waals surface area contributed by atoms with Gasteiger partial charge in [0.15, 0.2) is 9.84 Å². The summed E-state index contributed by atoms with van der Waals surface area (Å²) in [6, 6.07) is 6.24. The lowest BCUT2D eigenvalue weighted by molar-refractivity contribution is 0.184. The van der Waals surface area contributed by atoms with Crippen molar-refractivity contribution >= 4 is 9.84 Å².